The van der Waals surface area contributed by atoms with Gasteiger partial charge in [-0.25, -0.2) is 0 Å². The first kappa shape index (κ1) is 28.3. The smallest absolute Gasteiger partial charge is 0.219 e. The quantitative estimate of drug-likeness (QED) is 0.388. The number of Topliss-reactive ketones (excluding diaryl/α,β-unsaturated/α-hetero) is 1. The van der Waals surface area contributed by atoms with Gasteiger partial charge in [0.25, 0.3) is 0 Å². The van der Waals surface area contributed by atoms with E-state index in [1.54, 1.807) is 13.8 Å². The van der Waals surface area contributed by atoms with E-state index in [0.29, 0.717) is 24.7 Å². The molecule has 1 amide bonds. The molecule has 1 unspecified atom stereocenters. The van der Waals surface area contributed by atoms with Crippen LogP contribution in [-0.2, 0) is 33.8 Å². The molecule has 1 aromatic heterocycles. The summed E-state index contributed by atoms with van der Waals surface area (Å²) in [4.78, 5) is 30.8. The fourth-order valence-electron chi connectivity index (χ4n) is 5.72. The lowest BCUT2D eigenvalue weighted by molar-refractivity contribution is -0.129. The molecule has 0 aliphatic carbocycles. The average molecular weight is 564 g/mol. The molecule has 0 radical (unpaired) electrons. The van der Waals surface area contributed by atoms with Gasteiger partial charge in [-0.15, -0.1) is 0 Å². The SMILES string of the molecule is CC(=O)COC(CN1CCN(c2ccccc2C)CC1)Cn1nc(-c2ccc(Cl)cc2)c2c1CCN(C(C)=O)C2. The van der Waals surface area contributed by atoms with Crippen molar-refractivity contribution in [1.82, 2.24) is 19.6 Å². The number of ether oxygens (including phenoxy) is 1. The van der Waals surface area contributed by atoms with Crippen LogP contribution in [0.15, 0.2) is 48.5 Å². The van der Waals surface area contributed by atoms with E-state index in [4.69, 9.17) is 21.4 Å². The third-order valence-corrected chi connectivity index (χ3v) is 8.14. The zero-order chi connectivity index (χ0) is 28.2. The van der Waals surface area contributed by atoms with E-state index >= 15 is 0 Å². The molecule has 1 fully saturated rings. The van der Waals surface area contributed by atoms with Gasteiger partial charge in [-0.1, -0.05) is 41.9 Å². The van der Waals surface area contributed by atoms with Gasteiger partial charge in [0, 0.05) is 86.7 Å². The Morgan fingerprint density at radius 3 is 2.38 bits per heavy atom. The summed E-state index contributed by atoms with van der Waals surface area (Å²) in [5.41, 5.74) is 6.63. The van der Waals surface area contributed by atoms with Gasteiger partial charge >= 0.3 is 0 Å². The Balaban J connectivity index is 1.35. The second-order valence-electron chi connectivity index (χ2n) is 10.9. The van der Waals surface area contributed by atoms with Crippen molar-refractivity contribution in [2.24, 2.45) is 0 Å². The van der Waals surface area contributed by atoms with Crippen LogP contribution < -0.4 is 4.90 Å². The van der Waals surface area contributed by atoms with Gasteiger partial charge in [0.1, 0.15) is 6.61 Å². The predicted octanol–water partition coefficient (Wildman–Crippen LogP) is 4.21. The van der Waals surface area contributed by atoms with Gasteiger partial charge in [0.15, 0.2) is 5.78 Å². The first-order valence-corrected chi connectivity index (χ1v) is 14.4. The van der Waals surface area contributed by atoms with Gasteiger partial charge in [-0.05, 0) is 37.6 Å². The molecule has 2 aliphatic heterocycles. The largest absolute Gasteiger partial charge is 0.369 e. The number of hydrogen-bond acceptors (Lipinski definition) is 6. The van der Waals surface area contributed by atoms with E-state index in [0.717, 1.165) is 61.7 Å². The predicted molar refractivity (Wildman–Crippen MR) is 158 cm³/mol. The van der Waals surface area contributed by atoms with Gasteiger partial charge in [-0.3, -0.25) is 19.2 Å². The Bertz CT molecular complexity index is 1350. The molecule has 0 bridgehead atoms. The molecule has 3 aromatic rings. The molecule has 0 N–H and O–H groups in total. The number of nitrogens with zero attached hydrogens (tertiary/aromatic N) is 5. The molecule has 1 saturated heterocycles. The molecule has 5 rings (SSSR count). The van der Waals surface area contributed by atoms with Gasteiger partial charge in [0.2, 0.25) is 5.91 Å². The molecule has 2 aromatic carbocycles. The Kier molecular flexibility index (Phi) is 8.88. The van der Waals surface area contributed by atoms with Crippen molar-refractivity contribution in [1.29, 1.82) is 0 Å². The van der Waals surface area contributed by atoms with Crippen LogP contribution in [0.2, 0.25) is 5.02 Å². The van der Waals surface area contributed by atoms with Crippen LogP contribution in [0.4, 0.5) is 5.69 Å². The molecule has 2 aliphatic rings. The van der Waals surface area contributed by atoms with Crippen LogP contribution in [0.5, 0.6) is 0 Å². The van der Waals surface area contributed by atoms with Crippen molar-refractivity contribution in [3.8, 4) is 11.3 Å². The summed E-state index contributed by atoms with van der Waals surface area (Å²) in [6, 6.07) is 16.2. The van der Waals surface area contributed by atoms with E-state index in [9.17, 15) is 9.59 Å². The average Bonchev–Trinajstić information content (AvgIpc) is 3.30. The number of aryl methyl sites for hydroxylation is 1. The van der Waals surface area contributed by atoms with Gasteiger partial charge in [0.05, 0.1) is 18.3 Å². The van der Waals surface area contributed by atoms with Gasteiger partial charge in [-0.2, -0.15) is 5.10 Å². The summed E-state index contributed by atoms with van der Waals surface area (Å²) in [7, 11) is 0. The van der Waals surface area contributed by atoms with Crippen LogP contribution in [-0.4, -0.2) is 83.3 Å². The molecular formula is C31H38ClN5O3. The van der Waals surface area contributed by atoms with E-state index < -0.39 is 0 Å². The number of anilines is 1. The van der Waals surface area contributed by atoms with Crippen molar-refractivity contribution in [2.75, 3.05) is 50.8 Å². The lowest BCUT2D eigenvalue weighted by Crippen LogP contribution is -2.49. The Labute approximate surface area is 241 Å². The highest BCUT2D eigenvalue weighted by Gasteiger charge is 2.29. The molecule has 1 atom stereocenters. The van der Waals surface area contributed by atoms with Crippen molar-refractivity contribution in [3.63, 3.8) is 0 Å². The standard InChI is InChI=1S/C31H38ClN5O3/c1-22-6-4-5-7-29(22)35-16-14-34(15-17-35)18-27(40-21-23(2)38)19-37-30-12-13-36(24(3)39)20-28(30)31(33-37)25-8-10-26(32)11-9-25/h4-11,27H,12-21H2,1-3H3. The molecule has 8 nitrogen and oxygen atoms in total. The van der Waals surface area contributed by atoms with E-state index in [1.165, 1.54) is 11.3 Å². The minimum absolute atomic E-state index is 0.0100. The molecular weight excluding hydrogens is 526 g/mol. The molecule has 9 heteroatoms. The van der Waals surface area contributed by atoms with Crippen molar-refractivity contribution in [3.05, 3.63) is 70.4 Å². The molecule has 0 spiro atoms. The van der Waals surface area contributed by atoms with Crippen molar-refractivity contribution in [2.45, 2.75) is 46.4 Å². The van der Waals surface area contributed by atoms with E-state index in [-0.39, 0.29) is 24.4 Å². The fourth-order valence-corrected chi connectivity index (χ4v) is 5.85. The van der Waals surface area contributed by atoms with Crippen LogP contribution in [0.3, 0.4) is 0 Å². The summed E-state index contributed by atoms with van der Waals surface area (Å²) in [5.74, 6) is 0.0729. The number of rotatable bonds is 9. The van der Waals surface area contributed by atoms with Crippen LogP contribution in [0.1, 0.15) is 30.7 Å². The summed E-state index contributed by atoms with van der Waals surface area (Å²) in [6.07, 6.45) is 0.533. The number of piperazine rings is 1. The highest BCUT2D eigenvalue weighted by atomic mass is 35.5. The number of para-hydroxylation sites is 1. The van der Waals surface area contributed by atoms with Crippen LogP contribution in [0, 0.1) is 6.92 Å². The Morgan fingerprint density at radius 2 is 1.70 bits per heavy atom. The third kappa shape index (κ3) is 6.57. The summed E-state index contributed by atoms with van der Waals surface area (Å²) >= 11 is 6.16. The number of ketones is 1. The zero-order valence-electron chi connectivity index (χ0n) is 23.6. The summed E-state index contributed by atoms with van der Waals surface area (Å²) < 4.78 is 8.22. The number of fused-ring (bicyclic) bond motifs is 1. The minimum atomic E-state index is -0.193. The molecule has 0 saturated carbocycles. The number of halogens is 1. The van der Waals surface area contributed by atoms with Crippen molar-refractivity contribution < 1.29 is 14.3 Å². The first-order valence-electron chi connectivity index (χ1n) is 14.0. The zero-order valence-corrected chi connectivity index (χ0v) is 24.4. The summed E-state index contributed by atoms with van der Waals surface area (Å²) in [5, 5.41) is 5.72. The second-order valence-corrected chi connectivity index (χ2v) is 11.3. The normalized spacial score (nSPS) is 16.6. The molecule has 3 heterocycles. The fraction of sp³-hybridized carbons (Fsp3) is 0.452. The number of benzene rings is 2. The second kappa shape index (κ2) is 12.5. The lowest BCUT2D eigenvalue weighted by Gasteiger charge is -2.38. The maximum Gasteiger partial charge on any atom is 0.219 e. The topological polar surface area (TPSA) is 70.9 Å². The minimum Gasteiger partial charge on any atom is -0.369 e. The lowest BCUT2D eigenvalue weighted by atomic mass is 10.0. The molecule has 40 heavy (non-hydrogen) atoms. The van der Waals surface area contributed by atoms with Crippen LogP contribution >= 0.6 is 11.6 Å². The highest BCUT2D eigenvalue weighted by Crippen LogP contribution is 2.31. The monoisotopic (exact) mass is 563 g/mol. The Hall–Kier alpha value is -3.20. The third-order valence-electron chi connectivity index (χ3n) is 7.89. The maximum absolute atomic E-state index is 12.2. The Morgan fingerprint density at radius 1 is 0.975 bits per heavy atom. The number of carbonyl (C=O) groups excluding carboxylic acids is 2. The first-order chi connectivity index (χ1) is 19.3. The number of amides is 1. The number of hydrogen-bond donors (Lipinski definition) is 0. The highest BCUT2D eigenvalue weighted by molar-refractivity contribution is 6.30. The van der Waals surface area contributed by atoms with Crippen LogP contribution in [0.25, 0.3) is 11.3 Å². The van der Waals surface area contributed by atoms with E-state index in [2.05, 4.69) is 41.0 Å². The molecule has 212 valence electrons. The van der Waals surface area contributed by atoms with Crippen molar-refractivity contribution >= 4 is 29.0 Å². The maximum atomic E-state index is 12.2. The van der Waals surface area contributed by atoms with Gasteiger partial charge < -0.3 is 14.5 Å². The number of aromatic nitrogens is 2. The van der Waals surface area contributed by atoms with E-state index in [1.807, 2.05) is 33.8 Å². The summed E-state index contributed by atoms with van der Waals surface area (Å²) in [6.45, 7) is 11.6. The number of carbonyl (C=O) groups is 2.